The van der Waals surface area contributed by atoms with Crippen LogP contribution in [0, 0.1) is 0 Å². The Morgan fingerprint density at radius 1 is 1.33 bits per heavy atom. The number of nitrogens with two attached hydrogens (primary N) is 1. The molecule has 4 aromatic rings. The normalized spacial score (nSPS) is 14.7. The van der Waals surface area contributed by atoms with Crippen LogP contribution < -0.4 is 20.5 Å². The number of rotatable bonds is 8. The van der Waals surface area contributed by atoms with Crippen molar-refractivity contribution in [3.63, 3.8) is 0 Å². The van der Waals surface area contributed by atoms with E-state index >= 15 is 0 Å². The lowest BCUT2D eigenvalue weighted by molar-refractivity contribution is -0.117. The number of ether oxygens (including phenoxy) is 2. The van der Waals surface area contributed by atoms with Crippen LogP contribution in [0.15, 0.2) is 48.8 Å². The van der Waals surface area contributed by atoms with Crippen LogP contribution in [0.2, 0.25) is 5.02 Å². The zero-order valence-electron chi connectivity index (χ0n) is 17.8. The molecule has 0 aliphatic carbocycles. The summed E-state index contributed by atoms with van der Waals surface area (Å²) in [6.07, 6.45) is 3.49. The highest BCUT2D eigenvalue weighted by Gasteiger charge is 2.22. The summed E-state index contributed by atoms with van der Waals surface area (Å²) in [7, 11) is 0. The Labute approximate surface area is 199 Å². The van der Waals surface area contributed by atoms with Crippen molar-refractivity contribution in [2.75, 3.05) is 13.1 Å². The molecule has 0 unspecified atom stereocenters. The van der Waals surface area contributed by atoms with Gasteiger partial charge in [0.1, 0.15) is 34.3 Å². The highest BCUT2D eigenvalue weighted by molar-refractivity contribution is 7.15. The molecule has 0 radical (unpaired) electrons. The minimum absolute atomic E-state index is 0.0298. The number of aromatic nitrogens is 3. The number of amides is 1. The van der Waals surface area contributed by atoms with E-state index < -0.39 is 5.91 Å². The molecule has 1 aliphatic rings. The van der Waals surface area contributed by atoms with Crippen LogP contribution in [-0.2, 0) is 11.2 Å². The second kappa shape index (κ2) is 9.01. The number of fused-ring (bicyclic) bond motifs is 1. The number of imidazole rings is 1. The topological polar surface area (TPSA) is 104 Å². The fourth-order valence-electron chi connectivity index (χ4n) is 3.57. The Morgan fingerprint density at radius 3 is 2.88 bits per heavy atom. The van der Waals surface area contributed by atoms with Crippen LogP contribution in [0.3, 0.4) is 0 Å². The number of halogens is 1. The van der Waals surface area contributed by atoms with Crippen molar-refractivity contribution < 1.29 is 14.3 Å². The second-order valence-corrected chi connectivity index (χ2v) is 9.30. The van der Waals surface area contributed by atoms with Gasteiger partial charge in [-0.1, -0.05) is 29.8 Å². The summed E-state index contributed by atoms with van der Waals surface area (Å²) >= 11 is 7.68. The molecule has 4 heterocycles. The van der Waals surface area contributed by atoms with Crippen molar-refractivity contribution >= 4 is 34.5 Å². The smallest absolute Gasteiger partial charge is 0.229 e. The van der Waals surface area contributed by atoms with Gasteiger partial charge in [0.05, 0.1) is 23.7 Å². The number of thiazole rings is 1. The fraction of sp³-hybridized carbons (Fsp3) is 0.261. The first-order valence-electron chi connectivity index (χ1n) is 10.5. The molecule has 1 amide bonds. The lowest BCUT2D eigenvalue weighted by Gasteiger charge is -2.27. The van der Waals surface area contributed by atoms with Gasteiger partial charge in [0.2, 0.25) is 11.8 Å². The Morgan fingerprint density at radius 2 is 2.15 bits per heavy atom. The standard InChI is InChI=1S/C23H22ClN5O3S/c1-13(16-4-2-3-5-17(16)24)31-22-19(8-20(25)30)33-23(28-22)18-11-27-21-7-6-14(12-29(18)21)32-15-9-26-10-15/h2-7,11-13,15,26H,8-10H2,1H3,(H2,25,30)/t13-/m1/s1. The zero-order valence-corrected chi connectivity index (χ0v) is 19.4. The molecule has 0 saturated carbocycles. The molecular formula is C23H22ClN5O3S. The second-order valence-electron chi connectivity index (χ2n) is 7.81. The van der Waals surface area contributed by atoms with E-state index in [-0.39, 0.29) is 18.6 Å². The first-order valence-corrected chi connectivity index (χ1v) is 11.7. The van der Waals surface area contributed by atoms with Crippen molar-refractivity contribution in [2.24, 2.45) is 5.73 Å². The van der Waals surface area contributed by atoms with Crippen molar-refractivity contribution in [1.29, 1.82) is 0 Å². The van der Waals surface area contributed by atoms with E-state index in [4.69, 9.17) is 31.8 Å². The van der Waals surface area contributed by atoms with Crippen LogP contribution in [-0.4, -0.2) is 39.5 Å². The predicted molar refractivity (Wildman–Crippen MR) is 127 cm³/mol. The van der Waals surface area contributed by atoms with Crippen LogP contribution in [0.5, 0.6) is 11.6 Å². The lowest BCUT2D eigenvalue weighted by atomic mass is 10.1. The molecule has 8 nitrogen and oxygen atoms in total. The van der Waals surface area contributed by atoms with Gasteiger partial charge >= 0.3 is 0 Å². The van der Waals surface area contributed by atoms with Gasteiger partial charge < -0.3 is 20.5 Å². The third-order valence-electron chi connectivity index (χ3n) is 5.37. The monoisotopic (exact) mass is 483 g/mol. The molecule has 3 aromatic heterocycles. The van der Waals surface area contributed by atoms with Crippen molar-refractivity contribution in [1.82, 2.24) is 19.7 Å². The van der Waals surface area contributed by atoms with Gasteiger partial charge in [-0.2, -0.15) is 4.98 Å². The summed E-state index contributed by atoms with van der Waals surface area (Å²) in [5, 5.41) is 4.47. The number of primary amides is 1. The molecule has 5 rings (SSSR count). The molecule has 33 heavy (non-hydrogen) atoms. The largest absolute Gasteiger partial charge is 0.486 e. The summed E-state index contributed by atoms with van der Waals surface area (Å²) in [6, 6.07) is 11.3. The molecule has 10 heteroatoms. The molecule has 1 saturated heterocycles. The molecule has 1 atom stereocenters. The number of nitrogens with zero attached hydrogens (tertiary/aromatic N) is 3. The van der Waals surface area contributed by atoms with E-state index in [0.29, 0.717) is 20.8 Å². The summed E-state index contributed by atoms with van der Waals surface area (Å²) in [5.41, 5.74) is 7.86. The highest BCUT2D eigenvalue weighted by Crippen LogP contribution is 2.36. The van der Waals surface area contributed by atoms with Crippen LogP contribution >= 0.6 is 22.9 Å². The Kier molecular flexibility index (Phi) is 5.92. The maximum absolute atomic E-state index is 11.7. The fourth-order valence-corrected chi connectivity index (χ4v) is 4.87. The van der Waals surface area contributed by atoms with Crippen molar-refractivity contribution in [3.8, 4) is 22.3 Å². The number of carbonyl (C=O) groups is 1. The average Bonchev–Trinajstić information content (AvgIpc) is 3.34. The van der Waals surface area contributed by atoms with E-state index in [1.807, 2.05) is 53.9 Å². The van der Waals surface area contributed by atoms with E-state index in [0.717, 1.165) is 35.7 Å². The van der Waals surface area contributed by atoms with Gasteiger partial charge in [-0.25, -0.2) is 4.98 Å². The SMILES string of the molecule is C[C@@H](Oc1nc(-c2cnc3ccc(OC4CNC4)cn23)sc1CC(N)=O)c1ccccc1Cl. The Balaban J connectivity index is 1.48. The number of nitrogens with one attached hydrogen (secondary N) is 1. The Bertz CT molecular complexity index is 1320. The molecule has 0 spiro atoms. The third-order valence-corrected chi connectivity index (χ3v) is 6.78. The van der Waals surface area contributed by atoms with Crippen LogP contribution in [0.1, 0.15) is 23.5 Å². The van der Waals surface area contributed by atoms with E-state index in [1.54, 1.807) is 6.20 Å². The molecule has 0 bridgehead atoms. The summed E-state index contributed by atoms with van der Waals surface area (Å²) in [6.45, 7) is 3.56. The maximum atomic E-state index is 11.7. The molecule has 1 fully saturated rings. The number of carbonyl (C=O) groups excluding carboxylic acids is 1. The van der Waals surface area contributed by atoms with E-state index in [2.05, 4.69) is 10.3 Å². The van der Waals surface area contributed by atoms with Crippen LogP contribution in [0.25, 0.3) is 16.3 Å². The number of benzene rings is 1. The van der Waals surface area contributed by atoms with Gasteiger partial charge in [-0.15, -0.1) is 11.3 Å². The zero-order chi connectivity index (χ0) is 22.9. The van der Waals surface area contributed by atoms with Gasteiger partial charge in [0.25, 0.3) is 0 Å². The first kappa shape index (κ1) is 21.7. The molecule has 3 N–H and O–H groups in total. The summed E-state index contributed by atoms with van der Waals surface area (Å²) in [5.74, 6) is 0.665. The number of hydrogen-bond acceptors (Lipinski definition) is 7. The number of pyridine rings is 1. The molecule has 1 aromatic carbocycles. The third kappa shape index (κ3) is 4.52. The Hall–Kier alpha value is -3.14. The summed E-state index contributed by atoms with van der Waals surface area (Å²) < 4.78 is 14.1. The van der Waals surface area contributed by atoms with Gasteiger partial charge in [-0.3, -0.25) is 9.20 Å². The minimum Gasteiger partial charge on any atom is -0.486 e. The van der Waals surface area contributed by atoms with Crippen LogP contribution in [0.4, 0.5) is 0 Å². The maximum Gasteiger partial charge on any atom is 0.229 e. The van der Waals surface area contributed by atoms with Crippen molar-refractivity contribution in [2.45, 2.75) is 25.6 Å². The first-order chi connectivity index (χ1) is 16.0. The van der Waals surface area contributed by atoms with Crippen molar-refractivity contribution in [3.05, 3.63) is 64.3 Å². The quantitative estimate of drug-likeness (QED) is 0.396. The van der Waals surface area contributed by atoms with Gasteiger partial charge in [-0.05, 0) is 25.1 Å². The predicted octanol–water partition coefficient (Wildman–Crippen LogP) is 3.63. The number of hydrogen-bond donors (Lipinski definition) is 2. The minimum atomic E-state index is -0.455. The molecule has 1 aliphatic heterocycles. The summed E-state index contributed by atoms with van der Waals surface area (Å²) in [4.78, 5) is 21.5. The molecule has 170 valence electrons. The highest BCUT2D eigenvalue weighted by atomic mass is 35.5. The van der Waals surface area contributed by atoms with Gasteiger partial charge in [0.15, 0.2) is 0 Å². The average molecular weight is 484 g/mol. The molecular weight excluding hydrogens is 462 g/mol. The van der Waals surface area contributed by atoms with Gasteiger partial charge in [0, 0.05) is 23.7 Å². The van der Waals surface area contributed by atoms with E-state index in [1.165, 1.54) is 11.3 Å². The lowest BCUT2D eigenvalue weighted by Crippen LogP contribution is -2.50. The van der Waals surface area contributed by atoms with E-state index in [9.17, 15) is 4.79 Å².